The highest BCUT2D eigenvalue weighted by atomic mass is 35.5. The van der Waals surface area contributed by atoms with Crippen LogP contribution in [0.5, 0.6) is 23.0 Å². The van der Waals surface area contributed by atoms with Crippen LogP contribution in [0, 0.1) is 0 Å². The molecule has 4 rings (SSSR count). The fourth-order valence-corrected chi connectivity index (χ4v) is 2.82. The number of carbonyl (C=O) groups excluding carboxylic acids is 1. The lowest BCUT2D eigenvalue weighted by molar-refractivity contribution is 0.104. The van der Waals surface area contributed by atoms with Gasteiger partial charge in [-0.1, -0.05) is 17.7 Å². The molecule has 0 atom stereocenters. The quantitative estimate of drug-likeness (QED) is 0.627. The molecule has 0 radical (unpaired) electrons. The van der Waals surface area contributed by atoms with Crippen LogP contribution in [-0.2, 0) is 0 Å². The van der Waals surface area contributed by atoms with Crippen LogP contribution >= 0.6 is 11.6 Å². The van der Waals surface area contributed by atoms with Gasteiger partial charge in [-0.25, -0.2) is 0 Å². The van der Waals surface area contributed by atoms with E-state index < -0.39 is 0 Å². The molecule has 0 unspecified atom stereocenters. The van der Waals surface area contributed by atoms with E-state index in [0.29, 0.717) is 46.8 Å². The molecule has 0 amide bonds. The Morgan fingerprint density at radius 2 is 1.79 bits per heavy atom. The van der Waals surface area contributed by atoms with Gasteiger partial charge >= 0.3 is 0 Å². The van der Waals surface area contributed by atoms with Crippen molar-refractivity contribution in [1.82, 2.24) is 0 Å². The molecule has 0 saturated carbocycles. The molecule has 0 saturated heterocycles. The number of halogens is 1. The molecule has 2 aliphatic rings. The van der Waals surface area contributed by atoms with Gasteiger partial charge in [0.05, 0.1) is 5.02 Å². The average Bonchev–Trinajstić information content (AvgIpc) is 3.07. The van der Waals surface area contributed by atoms with Gasteiger partial charge in [-0.15, -0.1) is 0 Å². The van der Waals surface area contributed by atoms with Crippen LogP contribution in [0.3, 0.4) is 0 Å². The Morgan fingerprint density at radius 3 is 2.71 bits per heavy atom. The second-order valence-electron chi connectivity index (χ2n) is 5.29. The van der Waals surface area contributed by atoms with E-state index in [0.717, 1.165) is 5.56 Å². The van der Waals surface area contributed by atoms with E-state index in [1.54, 1.807) is 36.4 Å². The lowest BCUT2D eigenvalue weighted by Gasteiger charge is -2.19. The molecule has 0 aliphatic carbocycles. The average molecular weight is 345 g/mol. The van der Waals surface area contributed by atoms with E-state index in [1.807, 2.05) is 0 Å². The van der Waals surface area contributed by atoms with Crippen LogP contribution in [0.2, 0.25) is 5.02 Å². The third kappa shape index (κ3) is 2.78. The fourth-order valence-electron chi connectivity index (χ4n) is 2.54. The third-order valence-corrected chi connectivity index (χ3v) is 3.98. The van der Waals surface area contributed by atoms with Crippen LogP contribution in [-0.4, -0.2) is 25.8 Å². The molecule has 0 N–H and O–H groups in total. The van der Waals surface area contributed by atoms with Crippen molar-refractivity contribution in [3.8, 4) is 23.0 Å². The first-order chi connectivity index (χ1) is 11.7. The first kappa shape index (κ1) is 14.9. The zero-order valence-electron chi connectivity index (χ0n) is 12.6. The number of fused-ring (bicyclic) bond motifs is 2. The molecule has 2 heterocycles. The van der Waals surface area contributed by atoms with Crippen molar-refractivity contribution in [3.63, 3.8) is 0 Å². The highest BCUT2D eigenvalue weighted by molar-refractivity contribution is 6.32. The summed E-state index contributed by atoms with van der Waals surface area (Å²) in [6.07, 6.45) is 3.18. The van der Waals surface area contributed by atoms with E-state index in [1.165, 1.54) is 6.08 Å². The molecular weight excluding hydrogens is 332 g/mol. The minimum absolute atomic E-state index is 0.140. The van der Waals surface area contributed by atoms with Gasteiger partial charge in [0.1, 0.15) is 13.2 Å². The van der Waals surface area contributed by atoms with Crippen LogP contribution in [0.15, 0.2) is 36.4 Å². The number of carbonyl (C=O) groups is 1. The number of hydrogen-bond donors (Lipinski definition) is 0. The number of ether oxygens (including phenoxy) is 4. The normalized spacial score (nSPS) is 14.9. The topological polar surface area (TPSA) is 54.0 Å². The fraction of sp³-hybridized carbons (Fsp3) is 0.167. The zero-order chi connectivity index (χ0) is 16.5. The van der Waals surface area contributed by atoms with E-state index in [9.17, 15) is 4.79 Å². The highest BCUT2D eigenvalue weighted by Crippen LogP contribution is 2.38. The Labute approximate surface area is 143 Å². The molecule has 5 nitrogen and oxygen atoms in total. The first-order valence-corrected chi connectivity index (χ1v) is 7.80. The van der Waals surface area contributed by atoms with Gasteiger partial charge in [0.25, 0.3) is 0 Å². The Bertz CT molecular complexity index is 844. The van der Waals surface area contributed by atoms with E-state index in [4.69, 9.17) is 30.5 Å². The summed E-state index contributed by atoms with van der Waals surface area (Å²) in [5.41, 5.74) is 1.29. The summed E-state index contributed by atoms with van der Waals surface area (Å²) in [5, 5.41) is 0.461. The van der Waals surface area contributed by atoms with Crippen LogP contribution in [0.1, 0.15) is 15.9 Å². The van der Waals surface area contributed by atoms with Crippen molar-refractivity contribution in [2.75, 3.05) is 20.0 Å². The SMILES string of the molecule is O=C(/C=C/c1cc(Cl)c2c(c1)OCCO2)c1ccc2c(c1)OCO2. The van der Waals surface area contributed by atoms with Crippen molar-refractivity contribution in [1.29, 1.82) is 0 Å². The van der Waals surface area contributed by atoms with Gasteiger partial charge < -0.3 is 18.9 Å². The Morgan fingerprint density at radius 1 is 0.958 bits per heavy atom. The Hall–Kier alpha value is -2.66. The van der Waals surface area contributed by atoms with E-state index >= 15 is 0 Å². The zero-order valence-corrected chi connectivity index (χ0v) is 13.3. The largest absolute Gasteiger partial charge is 0.486 e. The molecule has 122 valence electrons. The maximum Gasteiger partial charge on any atom is 0.231 e. The first-order valence-electron chi connectivity index (χ1n) is 7.42. The molecule has 0 spiro atoms. The maximum atomic E-state index is 12.3. The van der Waals surface area contributed by atoms with Crippen LogP contribution in [0.4, 0.5) is 0 Å². The van der Waals surface area contributed by atoms with Gasteiger partial charge in [-0.05, 0) is 42.0 Å². The lowest BCUT2D eigenvalue weighted by atomic mass is 10.1. The smallest absolute Gasteiger partial charge is 0.231 e. The van der Waals surface area contributed by atoms with Gasteiger partial charge in [-0.2, -0.15) is 0 Å². The summed E-state index contributed by atoms with van der Waals surface area (Å²) in [4.78, 5) is 12.3. The number of ketones is 1. The molecule has 2 aromatic rings. The van der Waals surface area contributed by atoms with E-state index in [2.05, 4.69) is 0 Å². The predicted octanol–water partition coefficient (Wildman–Crippen LogP) is 3.74. The van der Waals surface area contributed by atoms with Crippen molar-refractivity contribution in [2.45, 2.75) is 0 Å². The standard InChI is InChI=1S/C18H13ClO5/c19-13-7-11(8-17-18(13)22-6-5-21-17)1-3-14(20)12-2-4-15-16(9-12)24-10-23-15/h1-4,7-9H,5-6,10H2/b3-1+. The number of allylic oxidation sites excluding steroid dienone is 1. The van der Waals surface area contributed by atoms with Gasteiger partial charge in [0.15, 0.2) is 28.8 Å². The molecule has 0 bridgehead atoms. The number of rotatable bonds is 3. The Balaban J connectivity index is 1.56. The summed E-state index contributed by atoms with van der Waals surface area (Å²) < 4.78 is 21.5. The van der Waals surface area contributed by atoms with Crippen molar-refractivity contribution in [2.24, 2.45) is 0 Å². The molecule has 24 heavy (non-hydrogen) atoms. The summed E-state index contributed by atoms with van der Waals surface area (Å²) in [5.74, 6) is 2.22. The lowest BCUT2D eigenvalue weighted by Crippen LogP contribution is -2.15. The third-order valence-electron chi connectivity index (χ3n) is 3.70. The second kappa shape index (κ2) is 6.09. The van der Waals surface area contributed by atoms with Crippen molar-refractivity contribution < 1.29 is 23.7 Å². The summed E-state index contributed by atoms with van der Waals surface area (Å²) in [7, 11) is 0. The molecule has 0 fully saturated rings. The van der Waals surface area contributed by atoms with Crippen molar-refractivity contribution in [3.05, 3.63) is 52.6 Å². The minimum Gasteiger partial charge on any atom is -0.486 e. The highest BCUT2D eigenvalue weighted by Gasteiger charge is 2.17. The second-order valence-corrected chi connectivity index (χ2v) is 5.70. The predicted molar refractivity (Wildman–Crippen MR) is 88.4 cm³/mol. The summed E-state index contributed by atoms with van der Waals surface area (Å²) in [6, 6.07) is 8.63. The molecular formula is C18H13ClO5. The van der Waals surface area contributed by atoms with Gasteiger partial charge in [-0.3, -0.25) is 4.79 Å². The monoisotopic (exact) mass is 344 g/mol. The molecule has 2 aliphatic heterocycles. The molecule has 2 aromatic carbocycles. The maximum absolute atomic E-state index is 12.3. The van der Waals surface area contributed by atoms with Crippen LogP contribution < -0.4 is 18.9 Å². The summed E-state index contributed by atoms with van der Waals surface area (Å²) in [6.45, 7) is 1.13. The van der Waals surface area contributed by atoms with Gasteiger partial charge in [0.2, 0.25) is 6.79 Å². The Kier molecular flexibility index (Phi) is 3.78. The van der Waals surface area contributed by atoms with Gasteiger partial charge in [0, 0.05) is 5.56 Å². The molecule has 0 aromatic heterocycles. The number of benzene rings is 2. The van der Waals surface area contributed by atoms with Crippen molar-refractivity contribution >= 4 is 23.5 Å². The molecule has 6 heteroatoms. The van der Waals surface area contributed by atoms with E-state index in [-0.39, 0.29) is 12.6 Å². The minimum atomic E-state index is -0.140. The number of hydrogen-bond acceptors (Lipinski definition) is 5. The summed E-state index contributed by atoms with van der Waals surface area (Å²) >= 11 is 6.19. The van der Waals surface area contributed by atoms with Crippen LogP contribution in [0.25, 0.3) is 6.08 Å².